The fourth-order valence-corrected chi connectivity index (χ4v) is 3.16. The van der Waals surface area contributed by atoms with Crippen LogP contribution in [-0.2, 0) is 24.1 Å². The molecule has 0 radical (unpaired) electrons. The van der Waals surface area contributed by atoms with E-state index in [1.54, 1.807) is 0 Å². The quantitative estimate of drug-likeness (QED) is 0.904. The Labute approximate surface area is 120 Å². The molecule has 5 heteroatoms. The molecule has 1 aliphatic rings. The molecule has 0 amide bonds. The summed E-state index contributed by atoms with van der Waals surface area (Å²) in [6.07, 6.45) is 3.92. The number of halogens is 1. The number of hydrogen-bond acceptors (Lipinski definition) is 3. The van der Waals surface area contributed by atoms with E-state index in [1.165, 1.54) is 0 Å². The lowest BCUT2D eigenvalue weighted by Gasteiger charge is -2.36. The van der Waals surface area contributed by atoms with Crippen LogP contribution in [-0.4, -0.2) is 29.5 Å². The maximum Gasteiger partial charge on any atom is 0.0850 e. The molecule has 1 saturated heterocycles. The predicted octanol–water partition coefficient (Wildman–Crippen LogP) is 2.42. The van der Waals surface area contributed by atoms with Gasteiger partial charge in [0.25, 0.3) is 0 Å². The zero-order valence-electron chi connectivity index (χ0n) is 11.9. The van der Waals surface area contributed by atoms with E-state index < -0.39 is 0 Å². The first kappa shape index (κ1) is 14.8. The molecule has 1 aromatic rings. The summed E-state index contributed by atoms with van der Waals surface area (Å²) in [4.78, 5) is 0. The number of ether oxygens (including phenoxy) is 1. The molecule has 1 aliphatic heterocycles. The van der Waals surface area contributed by atoms with Crippen LogP contribution >= 0.6 is 11.6 Å². The molecule has 4 nitrogen and oxygen atoms in total. The van der Waals surface area contributed by atoms with Gasteiger partial charge in [0.1, 0.15) is 0 Å². The van der Waals surface area contributed by atoms with Gasteiger partial charge in [-0.05, 0) is 32.6 Å². The summed E-state index contributed by atoms with van der Waals surface area (Å²) in [5.41, 5.74) is 8.15. The summed E-state index contributed by atoms with van der Waals surface area (Å²) in [6.45, 7) is 7.24. The Morgan fingerprint density at radius 3 is 2.79 bits per heavy atom. The minimum Gasteiger partial charge on any atom is -0.381 e. The molecule has 2 heterocycles. The number of aryl methyl sites for hydroxylation is 2. The molecule has 0 bridgehead atoms. The molecule has 2 N–H and O–H groups in total. The number of nitrogens with two attached hydrogens (primary N) is 1. The Morgan fingerprint density at radius 2 is 2.26 bits per heavy atom. The van der Waals surface area contributed by atoms with Crippen molar-refractivity contribution in [3.05, 3.63) is 16.4 Å². The van der Waals surface area contributed by atoms with Crippen LogP contribution in [0.4, 0.5) is 0 Å². The van der Waals surface area contributed by atoms with E-state index in [9.17, 15) is 0 Å². The van der Waals surface area contributed by atoms with Crippen LogP contribution in [0.5, 0.6) is 0 Å². The molecule has 1 atom stereocenters. The molecule has 1 aromatic heterocycles. The van der Waals surface area contributed by atoms with Crippen LogP contribution in [0.3, 0.4) is 0 Å². The SMILES string of the molecule is CCc1nn(CC)c(CC2(CN)CCCOC2)c1Cl. The smallest absolute Gasteiger partial charge is 0.0850 e. The average Bonchev–Trinajstić information content (AvgIpc) is 2.76. The van der Waals surface area contributed by atoms with Crippen molar-refractivity contribution >= 4 is 11.6 Å². The van der Waals surface area contributed by atoms with Gasteiger partial charge in [-0.1, -0.05) is 18.5 Å². The van der Waals surface area contributed by atoms with Crippen LogP contribution in [0.25, 0.3) is 0 Å². The predicted molar refractivity (Wildman–Crippen MR) is 77.5 cm³/mol. The van der Waals surface area contributed by atoms with Gasteiger partial charge in [-0.25, -0.2) is 0 Å². The van der Waals surface area contributed by atoms with Crippen LogP contribution < -0.4 is 5.73 Å². The third kappa shape index (κ3) is 2.96. The second-order valence-electron chi connectivity index (χ2n) is 5.41. The highest BCUT2D eigenvalue weighted by atomic mass is 35.5. The van der Waals surface area contributed by atoms with Crippen molar-refractivity contribution in [1.82, 2.24) is 9.78 Å². The van der Waals surface area contributed by atoms with Crippen LogP contribution in [0.2, 0.25) is 5.02 Å². The number of hydrogen-bond donors (Lipinski definition) is 1. The van der Waals surface area contributed by atoms with Gasteiger partial charge in [-0.2, -0.15) is 5.10 Å². The van der Waals surface area contributed by atoms with Crippen molar-refractivity contribution in [2.75, 3.05) is 19.8 Å². The lowest BCUT2D eigenvalue weighted by Crippen LogP contribution is -2.41. The fourth-order valence-electron chi connectivity index (χ4n) is 2.82. The average molecular weight is 286 g/mol. The van der Waals surface area contributed by atoms with Crippen molar-refractivity contribution in [2.24, 2.45) is 11.1 Å². The van der Waals surface area contributed by atoms with Crippen molar-refractivity contribution in [3.8, 4) is 0 Å². The molecule has 108 valence electrons. The number of nitrogens with zero attached hydrogens (tertiary/aromatic N) is 2. The Kier molecular flexibility index (Phi) is 4.87. The van der Waals surface area contributed by atoms with Crippen LogP contribution in [0.1, 0.15) is 38.1 Å². The van der Waals surface area contributed by atoms with Crippen LogP contribution in [0, 0.1) is 5.41 Å². The second-order valence-corrected chi connectivity index (χ2v) is 5.79. The van der Waals surface area contributed by atoms with E-state index in [2.05, 4.69) is 18.9 Å². The van der Waals surface area contributed by atoms with Crippen molar-refractivity contribution < 1.29 is 4.74 Å². The zero-order valence-corrected chi connectivity index (χ0v) is 12.7. The minimum absolute atomic E-state index is 0.0276. The van der Waals surface area contributed by atoms with E-state index in [1.807, 2.05) is 4.68 Å². The standard InChI is InChI=1S/C14H24ClN3O/c1-3-11-13(15)12(18(4-2)17-11)8-14(9-16)6-5-7-19-10-14/h3-10,16H2,1-2H3. The molecule has 0 aromatic carbocycles. The highest BCUT2D eigenvalue weighted by Crippen LogP contribution is 2.34. The van der Waals surface area contributed by atoms with E-state index in [4.69, 9.17) is 22.1 Å². The normalized spacial score (nSPS) is 23.8. The molecule has 19 heavy (non-hydrogen) atoms. The van der Waals surface area contributed by atoms with Crippen molar-refractivity contribution in [3.63, 3.8) is 0 Å². The first-order valence-corrected chi connectivity index (χ1v) is 7.55. The first-order chi connectivity index (χ1) is 9.15. The summed E-state index contributed by atoms with van der Waals surface area (Å²) >= 11 is 6.48. The Balaban J connectivity index is 2.28. The third-order valence-corrected chi connectivity index (χ3v) is 4.51. The van der Waals surface area contributed by atoms with Crippen molar-refractivity contribution in [2.45, 2.75) is 46.1 Å². The van der Waals surface area contributed by atoms with Gasteiger partial charge in [0.05, 0.1) is 23.0 Å². The molecule has 2 rings (SSSR count). The fraction of sp³-hybridized carbons (Fsp3) is 0.786. The molecule has 1 fully saturated rings. The van der Waals surface area contributed by atoms with Gasteiger partial charge >= 0.3 is 0 Å². The van der Waals surface area contributed by atoms with Gasteiger partial charge in [-0.15, -0.1) is 0 Å². The molecule has 0 aliphatic carbocycles. The molecule has 0 spiro atoms. The van der Waals surface area contributed by atoms with Gasteiger partial charge < -0.3 is 10.5 Å². The third-order valence-electron chi connectivity index (χ3n) is 4.07. The topological polar surface area (TPSA) is 53.1 Å². The highest BCUT2D eigenvalue weighted by molar-refractivity contribution is 6.31. The maximum atomic E-state index is 6.48. The monoisotopic (exact) mass is 285 g/mol. The maximum absolute atomic E-state index is 6.48. The van der Waals surface area contributed by atoms with Crippen molar-refractivity contribution in [1.29, 1.82) is 0 Å². The summed E-state index contributed by atoms with van der Waals surface area (Å²) in [5, 5.41) is 5.40. The molecular formula is C14H24ClN3O. The highest BCUT2D eigenvalue weighted by Gasteiger charge is 2.34. The first-order valence-electron chi connectivity index (χ1n) is 7.17. The second kappa shape index (κ2) is 6.25. The number of rotatable bonds is 5. The summed E-state index contributed by atoms with van der Waals surface area (Å²) in [7, 11) is 0. The minimum atomic E-state index is 0.0276. The summed E-state index contributed by atoms with van der Waals surface area (Å²) in [6, 6.07) is 0. The molecular weight excluding hydrogens is 262 g/mol. The number of aromatic nitrogens is 2. The Bertz CT molecular complexity index is 425. The van der Waals surface area contributed by atoms with Gasteiger partial charge in [0.15, 0.2) is 0 Å². The van der Waals surface area contributed by atoms with E-state index in [-0.39, 0.29) is 5.41 Å². The van der Waals surface area contributed by atoms with Gasteiger partial charge in [-0.3, -0.25) is 4.68 Å². The lowest BCUT2D eigenvalue weighted by molar-refractivity contribution is -0.00360. The Hall–Kier alpha value is -0.580. The van der Waals surface area contributed by atoms with E-state index >= 15 is 0 Å². The van der Waals surface area contributed by atoms with E-state index in [0.717, 1.165) is 61.9 Å². The lowest BCUT2D eigenvalue weighted by atomic mass is 9.78. The summed E-state index contributed by atoms with van der Waals surface area (Å²) < 4.78 is 7.66. The van der Waals surface area contributed by atoms with E-state index in [0.29, 0.717) is 6.54 Å². The molecule has 0 saturated carbocycles. The Morgan fingerprint density at radius 1 is 1.47 bits per heavy atom. The van der Waals surface area contributed by atoms with Gasteiger partial charge in [0, 0.05) is 25.1 Å². The summed E-state index contributed by atoms with van der Waals surface area (Å²) in [5.74, 6) is 0. The van der Waals surface area contributed by atoms with Gasteiger partial charge in [0.2, 0.25) is 0 Å². The largest absolute Gasteiger partial charge is 0.381 e. The zero-order chi connectivity index (χ0) is 13.9. The molecule has 1 unspecified atom stereocenters. The van der Waals surface area contributed by atoms with Crippen LogP contribution in [0.15, 0.2) is 0 Å².